The summed E-state index contributed by atoms with van der Waals surface area (Å²) in [6.07, 6.45) is 5.82. The highest BCUT2D eigenvalue weighted by molar-refractivity contribution is 5.98. The summed E-state index contributed by atoms with van der Waals surface area (Å²) in [6, 6.07) is 2.16. The van der Waals surface area contributed by atoms with Gasteiger partial charge in [0.25, 0.3) is 11.8 Å². The third-order valence-corrected chi connectivity index (χ3v) is 7.58. The van der Waals surface area contributed by atoms with Gasteiger partial charge in [0.05, 0.1) is 6.54 Å². The molecule has 8 nitrogen and oxygen atoms in total. The number of likely N-dealkylation sites (N-methyl/N-ethyl adjacent to an activating group) is 1. The predicted molar refractivity (Wildman–Crippen MR) is 110 cm³/mol. The van der Waals surface area contributed by atoms with Crippen LogP contribution in [0.5, 0.6) is 0 Å². The highest BCUT2D eigenvalue weighted by atomic mass is 16.2. The molecule has 5 rings (SSSR count). The van der Waals surface area contributed by atoms with Crippen molar-refractivity contribution < 1.29 is 14.4 Å². The van der Waals surface area contributed by atoms with Gasteiger partial charge < -0.3 is 14.7 Å². The maximum atomic E-state index is 13.4. The van der Waals surface area contributed by atoms with Crippen molar-refractivity contribution in [3.05, 3.63) is 17.5 Å². The van der Waals surface area contributed by atoms with Crippen molar-refractivity contribution in [2.45, 2.75) is 64.1 Å². The molecule has 0 spiro atoms. The summed E-state index contributed by atoms with van der Waals surface area (Å²) in [5.41, 5.74) is 0.870. The van der Waals surface area contributed by atoms with Gasteiger partial charge >= 0.3 is 0 Å². The van der Waals surface area contributed by atoms with Crippen LogP contribution in [0.3, 0.4) is 0 Å². The van der Waals surface area contributed by atoms with E-state index in [4.69, 9.17) is 0 Å². The maximum Gasteiger partial charge on any atom is 0.274 e. The van der Waals surface area contributed by atoms with Gasteiger partial charge in [0.1, 0.15) is 5.69 Å². The number of likely N-dealkylation sites (tertiary alicyclic amines) is 1. The van der Waals surface area contributed by atoms with E-state index in [0.717, 1.165) is 32.1 Å². The van der Waals surface area contributed by atoms with E-state index in [9.17, 15) is 14.4 Å². The standard InChI is InChI=1S/C22H31N5O3/c1-3-5-17-14-10-15(18-6-4-7-20(28)27(17)18)13-25(12-14)21(29)16-11-19-22(30)24(2)8-9-26(19)23-16/h11,14-15,17-18H,3-10,12-13H2,1-2H3/t14-,15+,17-,18-/m0/s1. The number of fused-ring (bicyclic) bond motifs is 5. The molecule has 0 radical (unpaired) electrons. The fourth-order valence-electron chi connectivity index (χ4n) is 6.18. The molecule has 0 N–H and O–H groups in total. The second-order valence-corrected chi connectivity index (χ2v) is 9.45. The van der Waals surface area contributed by atoms with Crippen LogP contribution >= 0.6 is 0 Å². The van der Waals surface area contributed by atoms with E-state index in [1.165, 1.54) is 0 Å². The fourth-order valence-corrected chi connectivity index (χ4v) is 6.18. The average molecular weight is 414 g/mol. The second kappa shape index (κ2) is 7.39. The molecule has 3 amide bonds. The van der Waals surface area contributed by atoms with Crippen LogP contribution in [0.1, 0.15) is 66.4 Å². The molecule has 3 saturated heterocycles. The highest BCUT2D eigenvalue weighted by Crippen LogP contribution is 2.43. The number of nitrogens with zero attached hydrogens (tertiary/aromatic N) is 5. The lowest BCUT2D eigenvalue weighted by molar-refractivity contribution is -0.152. The van der Waals surface area contributed by atoms with E-state index in [0.29, 0.717) is 61.7 Å². The Kier molecular flexibility index (Phi) is 4.82. The number of amides is 3. The first-order valence-corrected chi connectivity index (χ1v) is 11.4. The molecular formula is C22H31N5O3. The zero-order chi connectivity index (χ0) is 21.0. The van der Waals surface area contributed by atoms with E-state index >= 15 is 0 Å². The average Bonchev–Trinajstić information content (AvgIpc) is 3.18. The lowest BCUT2D eigenvalue weighted by Crippen LogP contribution is -2.65. The third-order valence-electron chi connectivity index (χ3n) is 7.58. The van der Waals surface area contributed by atoms with Gasteiger partial charge in [-0.05, 0) is 37.5 Å². The monoisotopic (exact) mass is 413 g/mol. The van der Waals surface area contributed by atoms with E-state index < -0.39 is 0 Å². The number of piperidine rings is 3. The van der Waals surface area contributed by atoms with Crippen LogP contribution in [0.15, 0.2) is 6.07 Å². The number of rotatable bonds is 3. The summed E-state index contributed by atoms with van der Waals surface area (Å²) in [5, 5.41) is 4.47. The summed E-state index contributed by atoms with van der Waals surface area (Å²) < 4.78 is 1.67. The number of carbonyl (C=O) groups is 3. The Morgan fingerprint density at radius 1 is 1.20 bits per heavy atom. The predicted octanol–water partition coefficient (Wildman–Crippen LogP) is 1.61. The highest BCUT2D eigenvalue weighted by Gasteiger charge is 2.49. The minimum atomic E-state index is -0.0808. The van der Waals surface area contributed by atoms with Crippen molar-refractivity contribution >= 4 is 17.7 Å². The van der Waals surface area contributed by atoms with E-state index in [-0.39, 0.29) is 23.9 Å². The molecule has 4 aliphatic heterocycles. The van der Waals surface area contributed by atoms with Crippen LogP contribution in [-0.4, -0.2) is 81.0 Å². The Bertz CT molecular complexity index is 880. The molecule has 8 heteroatoms. The van der Waals surface area contributed by atoms with E-state index in [2.05, 4.69) is 16.9 Å². The Hall–Kier alpha value is -2.38. The molecule has 0 aliphatic carbocycles. The normalized spacial score (nSPS) is 30.9. The van der Waals surface area contributed by atoms with Crippen molar-refractivity contribution in [3.63, 3.8) is 0 Å². The molecule has 1 aromatic heterocycles. The SMILES string of the molecule is CCC[C@H]1[C@H]2C[C@H](CN(C(=O)c3cc4n(n3)CCN(C)C4=O)C2)[C@@H]2CCCC(=O)N21. The van der Waals surface area contributed by atoms with E-state index in [1.54, 1.807) is 22.7 Å². The smallest absolute Gasteiger partial charge is 0.274 e. The first kappa shape index (κ1) is 19.6. The van der Waals surface area contributed by atoms with Crippen molar-refractivity contribution in [1.29, 1.82) is 0 Å². The molecule has 0 saturated carbocycles. The lowest BCUT2D eigenvalue weighted by Gasteiger charge is -2.56. The minimum Gasteiger partial charge on any atom is -0.339 e. The first-order chi connectivity index (χ1) is 14.5. The van der Waals surface area contributed by atoms with E-state index in [1.807, 2.05) is 4.90 Å². The molecule has 30 heavy (non-hydrogen) atoms. The number of hydrogen-bond donors (Lipinski definition) is 0. The number of carbonyl (C=O) groups excluding carboxylic acids is 3. The van der Waals surface area contributed by atoms with Crippen LogP contribution in [-0.2, 0) is 11.3 Å². The summed E-state index contributed by atoms with van der Waals surface area (Å²) in [5.74, 6) is 0.824. The summed E-state index contributed by atoms with van der Waals surface area (Å²) in [4.78, 5) is 44.3. The van der Waals surface area contributed by atoms with Crippen LogP contribution in [0.25, 0.3) is 0 Å². The molecule has 1 aromatic rings. The third kappa shape index (κ3) is 3.03. The van der Waals surface area contributed by atoms with Crippen molar-refractivity contribution in [1.82, 2.24) is 24.5 Å². The van der Waals surface area contributed by atoms with Crippen LogP contribution < -0.4 is 0 Å². The van der Waals surface area contributed by atoms with Gasteiger partial charge in [0.15, 0.2) is 5.69 Å². The van der Waals surface area contributed by atoms with Crippen molar-refractivity contribution in [3.8, 4) is 0 Å². The minimum absolute atomic E-state index is 0.0760. The van der Waals surface area contributed by atoms with Gasteiger partial charge in [-0.15, -0.1) is 0 Å². The van der Waals surface area contributed by atoms with Crippen LogP contribution in [0.4, 0.5) is 0 Å². The molecule has 162 valence electrons. The molecule has 3 fully saturated rings. The zero-order valence-electron chi connectivity index (χ0n) is 17.9. The first-order valence-electron chi connectivity index (χ1n) is 11.4. The zero-order valence-corrected chi connectivity index (χ0v) is 17.9. The Balaban J connectivity index is 1.40. The Morgan fingerprint density at radius 2 is 2.00 bits per heavy atom. The summed E-state index contributed by atoms with van der Waals surface area (Å²) in [7, 11) is 1.78. The summed E-state index contributed by atoms with van der Waals surface area (Å²) in [6.45, 7) is 4.75. The van der Waals surface area contributed by atoms with Crippen LogP contribution in [0, 0.1) is 11.8 Å². The maximum absolute atomic E-state index is 13.4. The van der Waals surface area contributed by atoms with Gasteiger partial charge in [-0.2, -0.15) is 5.10 Å². The Labute approximate surface area is 177 Å². The molecule has 5 heterocycles. The van der Waals surface area contributed by atoms with Gasteiger partial charge in [-0.3, -0.25) is 19.1 Å². The van der Waals surface area contributed by atoms with Crippen molar-refractivity contribution in [2.75, 3.05) is 26.7 Å². The number of hydrogen-bond acceptors (Lipinski definition) is 4. The van der Waals surface area contributed by atoms with Gasteiger partial charge in [0.2, 0.25) is 5.91 Å². The number of aromatic nitrogens is 2. The molecular weight excluding hydrogens is 382 g/mol. The van der Waals surface area contributed by atoms with Gasteiger partial charge in [0, 0.05) is 51.3 Å². The molecule has 0 aromatic carbocycles. The largest absolute Gasteiger partial charge is 0.339 e. The fraction of sp³-hybridized carbons (Fsp3) is 0.727. The van der Waals surface area contributed by atoms with Gasteiger partial charge in [-0.25, -0.2) is 0 Å². The van der Waals surface area contributed by atoms with Gasteiger partial charge in [-0.1, -0.05) is 13.3 Å². The lowest BCUT2D eigenvalue weighted by atomic mass is 9.71. The molecule has 4 aliphatic rings. The molecule has 4 atom stereocenters. The Morgan fingerprint density at radius 3 is 2.80 bits per heavy atom. The topological polar surface area (TPSA) is 78.8 Å². The summed E-state index contributed by atoms with van der Waals surface area (Å²) >= 11 is 0. The second-order valence-electron chi connectivity index (χ2n) is 9.45. The van der Waals surface area contributed by atoms with Crippen LogP contribution in [0.2, 0.25) is 0 Å². The molecule has 2 bridgehead atoms. The quantitative estimate of drug-likeness (QED) is 0.754. The molecule has 0 unspecified atom stereocenters. The van der Waals surface area contributed by atoms with Crippen molar-refractivity contribution in [2.24, 2.45) is 11.8 Å².